The number of ether oxygens (including phenoxy) is 2. The molecule has 0 saturated heterocycles. The van der Waals surface area contributed by atoms with E-state index in [9.17, 15) is 4.79 Å². The van der Waals surface area contributed by atoms with Gasteiger partial charge in [-0.1, -0.05) is 47.5 Å². The lowest BCUT2D eigenvalue weighted by Gasteiger charge is -2.15. The van der Waals surface area contributed by atoms with E-state index in [2.05, 4.69) is 10.6 Å². The van der Waals surface area contributed by atoms with E-state index >= 15 is 0 Å². The van der Waals surface area contributed by atoms with Gasteiger partial charge in [-0.3, -0.25) is 4.79 Å². The van der Waals surface area contributed by atoms with Crippen LogP contribution in [-0.2, 0) is 11.3 Å². The second-order valence-electron chi connectivity index (χ2n) is 6.58. The molecule has 0 spiro atoms. The van der Waals surface area contributed by atoms with Crippen molar-refractivity contribution in [3.63, 3.8) is 0 Å². The first-order valence-electron chi connectivity index (χ1n) is 9.31. The third-order valence-corrected chi connectivity index (χ3v) is 5.14. The molecule has 0 aliphatic rings. The van der Waals surface area contributed by atoms with Gasteiger partial charge < -0.3 is 20.1 Å². The van der Waals surface area contributed by atoms with Crippen molar-refractivity contribution in [2.75, 3.05) is 24.4 Å². The summed E-state index contributed by atoms with van der Waals surface area (Å²) in [5, 5.41) is 7.17. The average molecular weight is 445 g/mol. The van der Waals surface area contributed by atoms with E-state index in [1.807, 2.05) is 49.4 Å². The van der Waals surface area contributed by atoms with Gasteiger partial charge in [-0.25, -0.2) is 0 Å². The van der Waals surface area contributed by atoms with Crippen molar-refractivity contribution in [1.82, 2.24) is 0 Å². The Bertz CT molecular complexity index is 1030. The maximum atomic E-state index is 12.1. The summed E-state index contributed by atoms with van der Waals surface area (Å²) in [6.45, 7) is 2.28. The number of anilines is 2. The molecule has 3 rings (SSSR count). The van der Waals surface area contributed by atoms with Gasteiger partial charge in [0.2, 0.25) is 0 Å². The van der Waals surface area contributed by atoms with Crippen LogP contribution in [0.15, 0.2) is 60.7 Å². The second kappa shape index (κ2) is 10.2. The van der Waals surface area contributed by atoms with E-state index in [0.717, 1.165) is 16.8 Å². The maximum absolute atomic E-state index is 12.1. The predicted molar refractivity (Wildman–Crippen MR) is 122 cm³/mol. The highest BCUT2D eigenvalue weighted by Gasteiger charge is 2.14. The third kappa shape index (κ3) is 5.59. The molecule has 0 heterocycles. The van der Waals surface area contributed by atoms with E-state index in [1.54, 1.807) is 18.2 Å². The highest BCUT2D eigenvalue weighted by molar-refractivity contribution is 6.32. The van der Waals surface area contributed by atoms with Crippen LogP contribution in [0.1, 0.15) is 11.1 Å². The number of rotatable bonds is 8. The zero-order valence-electron chi connectivity index (χ0n) is 16.7. The molecule has 0 saturated carbocycles. The SMILES string of the molecule is COc1cc(CNc2cccc(Cl)c2C)cc(Cl)c1OCC(=O)Nc1ccccc1. The molecule has 3 aromatic carbocycles. The van der Waals surface area contributed by atoms with Crippen LogP contribution >= 0.6 is 23.2 Å². The minimum absolute atomic E-state index is 0.190. The molecule has 0 aromatic heterocycles. The van der Waals surface area contributed by atoms with Crippen molar-refractivity contribution < 1.29 is 14.3 Å². The molecule has 0 atom stereocenters. The Hall–Kier alpha value is -2.89. The van der Waals surface area contributed by atoms with Crippen molar-refractivity contribution in [3.05, 3.63) is 81.8 Å². The van der Waals surface area contributed by atoms with Crippen molar-refractivity contribution in [1.29, 1.82) is 0 Å². The second-order valence-corrected chi connectivity index (χ2v) is 7.39. The number of hydrogen-bond donors (Lipinski definition) is 2. The quantitative estimate of drug-likeness (QED) is 0.451. The molecule has 0 radical (unpaired) electrons. The van der Waals surface area contributed by atoms with E-state index in [4.69, 9.17) is 32.7 Å². The molecule has 3 aromatic rings. The van der Waals surface area contributed by atoms with Crippen LogP contribution in [-0.4, -0.2) is 19.6 Å². The summed E-state index contributed by atoms with van der Waals surface area (Å²) >= 11 is 12.6. The molecule has 0 bridgehead atoms. The summed E-state index contributed by atoms with van der Waals surface area (Å²) in [4.78, 5) is 12.1. The Morgan fingerprint density at radius 3 is 2.50 bits per heavy atom. The topological polar surface area (TPSA) is 59.6 Å². The van der Waals surface area contributed by atoms with Crippen molar-refractivity contribution in [2.45, 2.75) is 13.5 Å². The Morgan fingerprint density at radius 1 is 1.00 bits per heavy atom. The lowest BCUT2D eigenvalue weighted by molar-refractivity contribution is -0.118. The van der Waals surface area contributed by atoms with Crippen LogP contribution in [0, 0.1) is 6.92 Å². The zero-order chi connectivity index (χ0) is 21.5. The summed E-state index contributed by atoms with van der Waals surface area (Å²) in [7, 11) is 1.53. The van der Waals surface area contributed by atoms with Crippen molar-refractivity contribution in [3.8, 4) is 11.5 Å². The third-order valence-electron chi connectivity index (χ3n) is 4.45. The molecule has 2 N–H and O–H groups in total. The predicted octanol–water partition coefficient (Wildman–Crippen LogP) is 5.94. The van der Waals surface area contributed by atoms with E-state index in [0.29, 0.717) is 33.8 Å². The van der Waals surface area contributed by atoms with Crippen molar-refractivity contribution >= 4 is 40.5 Å². The number of halogens is 2. The Labute approximate surface area is 185 Å². The Balaban J connectivity index is 1.66. The fraction of sp³-hybridized carbons (Fsp3) is 0.174. The fourth-order valence-electron chi connectivity index (χ4n) is 2.87. The van der Waals surface area contributed by atoms with Crippen LogP contribution in [0.5, 0.6) is 11.5 Å². The molecule has 0 aliphatic carbocycles. The van der Waals surface area contributed by atoms with Gasteiger partial charge in [0.05, 0.1) is 12.1 Å². The Kier molecular flexibility index (Phi) is 7.44. The number of hydrogen-bond acceptors (Lipinski definition) is 4. The van der Waals surface area contributed by atoms with Gasteiger partial charge in [0.15, 0.2) is 18.1 Å². The van der Waals surface area contributed by atoms with E-state index in [1.165, 1.54) is 7.11 Å². The molecule has 0 unspecified atom stereocenters. The molecule has 156 valence electrons. The fourth-order valence-corrected chi connectivity index (χ4v) is 3.33. The molecule has 7 heteroatoms. The first-order chi connectivity index (χ1) is 14.5. The maximum Gasteiger partial charge on any atom is 0.262 e. The Morgan fingerprint density at radius 2 is 1.77 bits per heavy atom. The van der Waals surface area contributed by atoms with Crippen molar-refractivity contribution in [2.24, 2.45) is 0 Å². The summed E-state index contributed by atoms with van der Waals surface area (Å²) in [5.74, 6) is 0.487. The standard InChI is InChI=1S/C23H22Cl2N2O3/c1-15-18(24)9-6-10-20(15)26-13-16-11-19(25)23(21(12-16)29-2)30-14-22(28)27-17-7-4-3-5-8-17/h3-12,26H,13-14H2,1-2H3,(H,27,28). The number of carbonyl (C=O) groups excluding carboxylic acids is 1. The number of para-hydroxylation sites is 1. The van der Waals surface area contributed by atoms with Gasteiger partial charge in [-0.15, -0.1) is 0 Å². The zero-order valence-corrected chi connectivity index (χ0v) is 18.2. The highest BCUT2D eigenvalue weighted by atomic mass is 35.5. The van der Waals surface area contributed by atoms with E-state index in [-0.39, 0.29) is 12.5 Å². The summed E-state index contributed by atoms with van der Waals surface area (Å²) in [5.41, 5.74) is 3.51. The minimum Gasteiger partial charge on any atom is -0.493 e. The highest BCUT2D eigenvalue weighted by Crippen LogP contribution is 2.37. The molecule has 1 amide bonds. The number of methoxy groups -OCH3 is 1. The number of carbonyl (C=O) groups is 1. The van der Waals surface area contributed by atoms with Gasteiger partial charge >= 0.3 is 0 Å². The van der Waals surface area contributed by atoms with Crippen LogP contribution in [0.25, 0.3) is 0 Å². The first kappa shape index (κ1) is 21.8. The van der Waals surface area contributed by atoms with Gasteiger partial charge in [0.1, 0.15) is 0 Å². The van der Waals surface area contributed by atoms with Crippen LogP contribution in [0.4, 0.5) is 11.4 Å². The summed E-state index contributed by atoms with van der Waals surface area (Å²) in [6.07, 6.45) is 0. The van der Waals surface area contributed by atoms with Gasteiger partial charge in [-0.2, -0.15) is 0 Å². The van der Waals surface area contributed by atoms with E-state index < -0.39 is 0 Å². The number of benzene rings is 3. The smallest absolute Gasteiger partial charge is 0.262 e. The van der Waals surface area contributed by atoms with Crippen LogP contribution in [0.2, 0.25) is 10.0 Å². The summed E-state index contributed by atoms with van der Waals surface area (Å²) in [6, 6.07) is 18.5. The number of amides is 1. The molecule has 5 nitrogen and oxygen atoms in total. The molecule has 30 heavy (non-hydrogen) atoms. The van der Waals surface area contributed by atoms with Crippen LogP contribution < -0.4 is 20.1 Å². The lowest BCUT2D eigenvalue weighted by atomic mass is 10.1. The van der Waals surface area contributed by atoms with Gasteiger partial charge in [0, 0.05) is 22.9 Å². The van der Waals surface area contributed by atoms with Gasteiger partial charge in [-0.05, 0) is 54.4 Å². The summed E-state index contributed by atoms with van der Waals surface area (Å²) < 4.78 is 11.1. The lowest BCUT2D eigenvalue weighted by Crippen LogP contribution is -2.20. The minimum atomic E-state index is -0.290. The normalized spacial score (nSPS) is 10.4. The molecule has 0 aliphatic heterocycles. The molecular formula is C23H22Cl2N2O3. The largest absolute Gasteiger partial charge is 0.493 e. The van der Waals surface area contributed by atoms with Crippen LogP contribution in [0.3, 0.4) is 0 Å². The molecule has 0 fully saturated rings. The average Bonchev–Trinajstić information content (AvgIpc) is 2.74. The van der Waals surface area contributed by atoms with Gasteiger partial charge in [0.25, 0.3) is 5.91 Å². The first-order valence-corrected chi connectivity index (χ1v) is 10.1. The number of nitrogens with one attached hydrogen (secondary N) is 2. The monoisotopic (exact) mass is 444 g/mol. The molecular weight excluding hydrogens is 423 g/mol.